The average Bonchev–Trinajstić information content (AvgIpc) is 3.83. The first kappa shape index (κ1) is 28.5. The van der Waals surface area contributed by atoms with Crippen molar-refractivity contribution in [2.75, 3.05) is 0 Å². The molecule has 0 radical (unpaired) electrons. The molecular formula is C30H27N7O4. The molecule has 3 N–H and O–H groups in total. The van der Waals surface area contributed by atoms with Crippen molar-refractivity contribution in [3.05, 3.63) is 137 Å². The van der Waals surface area contributed by atoms with E-state index in [4.69, 9.17) is 29.9 Å². The zero-order valence-corrected chi connectivity index (χ0v) is 21.9. The van der Waals surface area contributed by atoms with Crippen molar-refractivity contribution in [1.29, 1.82) is 0 Å². The van der Waals surface area contributed by atoms with Gasteiger partial charge in [-0.1, -0.05) is 112 Å². The lowest BCUT2D eigenvalue weighted by Crippen LogP contribution is -1.94. The molecule has 0 aliphatic carbocycles. The van der Waals surface area contributed by atoms with E-state index < -0.39 is 0 Å². The molecule has 0 aliphatic heterocycles. The maximum Gasteiger partial charge on any atom is 0.167 e. The summed E-state index contributed by atoms with van der Waals surface area (Å²) in [6, 6.07) is 34.5. The summed E-state index contributed by atoms with van der Waals surface area (Å²) in [5, 5.41) is 23.5. The largest absolute Gasteiger partial charge is 0.390 e. The van der Waals surface area contributed by atoms with Gasteiger partial charge in [-0.2, -0.15) is 0 Å². The first-order valence-corrected chi connectivity index (χ1v) is 12.5. The Labute approximate surface area is 235 Å². The minimum Gasteiger partial charge on any atom is -0.390 e. The molecule has 11 nitrogen and oxygen atoms in total. The normalized spacial score (nSPS) is 10.0. The fourth-order valence-corrected chi connectivity index (χ4v) is 3.50. The van der Waals surface area contributed by atoms with E-state index in [0.717, 1.165) is 28.1 Å². The SMILES string of the molecule is NCc1cc(-c2ccccc2)on1.OCc1cc(-c2ccccc2)on1.[N-]=[N+]=NCc1cc(-c2ccccc2)on1. The van der Waals surface area contributed by atoms with Gasteiger partial charge in [0.1, 0.15) is 5.69 Å². The van der Waals surface area contributed by atoms with Gasteiger partial charge in [0.05, 0.1) is 24.5 Å². The fraction of sp³-hybridized carbons (Fsp3) is 0.100. The minimum atomic E-state index is -0.0870. The molecule has 41 heavy (non-hydrogen) atoms. The predicted octanol–water partition coefficient (Wildman–Crippen LogP) is 6.79. The fourth-order valence-electron chi connectivity index (χ4n) is 3.50. The van der Waals surface area contributed by atoms with Gasteiger partial charge in [-0.3, -0.25) is 0 Å². The topological polar surface area (TPSA) is 173 Å². The third kappa shape index (κ3) is 8.50. The van der Waals surface area contributed by atoms with Crippen LogP contribution < -0.4 is 5.73 Å². The van der Waals surface area contributed by atoms with Crippen LogP contribution in [-0.4, -0.2) is 20.6 Å². The van der Waals surface area contributed by atoms with E-state index in [-0.39, 0.29) is 13.2 Å². The number of aliphatic hydroxyl groups is 1. The van der Waals surface area contributed by atoms with Crippen LogP contribution in [0.4, 0.5) is 0 Å². The summed E-state index contributed by atoms with van der Waals surface area (Å²) >= 11 is 0. The van der Waals surface area contributed by atoms with E-state index in [1.165, 1.54) is 0 Å². The van der Waals surface area contributed by atoms with Crippen molar-refractivity contribution in [3.63, 3.8) is 0 Å². The van der Waals surface area contributed by atoms with Crippen molar-refractivity contribution in [2.24, 2.45) is 10.8 Å². The highest BCUT2D eigenvalue weighted by Gasteiger charge is 2.06. The van der Waals surface area contributed by atoms with Gasteiger partial charge >= 0.3 is 0 Å². The molecule has 0 spiro atoms. The van der Waals surface area contributed by atoms with E-state index in [2.05, 4.69) is 25.5 Å². The standard InChI is InChI=1S/C10H8N4O.C10H10N2O.C10H9NO2/c11-14-12-7-9-6-10(15-13-9)8-4-2-1-3-5-8;11-7-9-6-10(13-12-9)8-4-2-1-3-5-8;12-7-9-6-10(13-11-9)8-4-2-1-3-5-8/h1-6H,7H2;1-6H,7,11H2;1-6,12H,7H2. The second-order valence-electron chi connectivity index (χ2n) is 8.40. The van der Waals surface area contributed by atoms with Crippen molar-refractivity contribution < 1.29 is 18.7 Å². The van der Waals surface area contributed by atoms with Gasteiger partial charge in [-0.25, -0.2) is 0 Å². The average molecular weight is 550 g/mol. The number of nitrogens with two attached hydrogens (primary N) is 1. The highest BCUT2D eigenvalue weighted by atomic mass is 16.5. The first-order valence-electron chi connectivity index (χ1n) is 12.5. The molecule has 3 aromatic heterocycles. The molecular weight excluding hydrogens is 522 g/mol. The molecule has 0 fully saturated rings. The zero-order valence-electron chi connectivity index (χ0n) is 21.9. The first-order chi connectivity index (χ1) is 20.2. The van der Waals surface area contributed by atoms with Crippen LogP contribution in [0.25, 0.3) is 44.4 Å². The molecule has 6 aromatic rings. The van der Waals surface area contributed by atoms with Crippen LogP contribution in [0.1, 0.15) is 17.1 Å². The highest BCUT2D eigenvalue weighted by Crippen LogP contribution is 2.21. The molecule has 0 saturated heterocycles. The second kappa shape index (κ2) is 15.2. The summed E-state index contributed by atoms with van der Waals surface area (Å²) < 4.78 is 15.3. The molecule has 0 bridgehead atoms. The summed E-state index contributed by atoms with van der Waals surface area (Å²) in [5.74, 6) is 2.13. The Morgan fingerprint density at radius 3 is 1.39 bits per heavy atom. The highest BCUT2D eigenvalue weighted by molar-refractivity contribution is 5.58. The number of aliphatic hydroxyl groups excluding tert-OH is 1. The molecule has 0 unspecified atom stereocenters. The van der Waals surface area contributed by atoms with E-state index in [1.54, 1.807) is 12.1 Å². The quantitative estimate of drug-likeness (QED) is 0.124. The lowest BCUT2D eigenvalue weighted by molar-refractivity contribution is 0.267. The number of benzene rings is 3. The van der Waals surface area contributed by atoms with Crippen LogP contribution in [0.15, 0.2) is 128 Å². The second-order valence-corrected chi connectivity index (χ2v) is 8.40. The Bertz CT molecular complexity index is 1560. The lowest BCUT2D eigenvalue weighted by Gasteiger charge is -1.91. The summed E-state index contributed by atoms with van der Waals surface area (Å²) in [6.45, 7) is 0.541. The van der Waals surface area contributed by atoms with E-state index in [0.29, 0.717) is 29.5 Å². The van der Waals surface area contributed by atoms with Crippen LogP contribution in [0.2, 0.25) is 0 Å². The Hall–Kier alpha value is -5.48. The lowest BCUT2D eigenvalue weighted by atomic mass is 10.2. The van der Waals surface area contributed by atoms with Gasteiger partial charge in [0.2, 0.25) is 0 Å². The molecule has 3 aromatic carbocycles. The van der Waals surface area contributed by atoms with Gasteiger partial charge in [0, 0.05) is 46.3 Å². The van der Waals surface area contributed by atoms with Crippen LogP contribution in [0, 0.1) is 0 Å². The van der Waals surface area contributed by atoms with Gasteiger partial charge < -0.3 is 24.4 Å². The predicted molar refractivity (Wildman–Crippen MR) is 152 cm³/mol. The van der Waals surface area contributed by atoms with Crippen molar-refractivity contribution >= 4 is 0 Å². The molecule has 6 rings (SSSR count). The monoisotopic (exact) mass is 549 g/mol. The number of nitrogens with zero attached hydrogens (tertiary/aromatic N) is 6. The van der Waals surface area contributed by atoms with E-state index >= 15 is 0 Å². The molecule has 11 heteroatoms. The number of aromatic nitrogens is 3. The molecule has 206 valence electrons. The van der Waals surface area contributed by atoms with Crippen molar-refractivity contribution in [3.8, 4) is 34.0 Å². The summed E-state index contributed by atoms with van der Waals surface area (Å²) in [7, 11) is 0. The smallest absolute Gasteiger partial charge is 0.167 e. The number of hydrogen-bond acceptors (Lipinski definition) is 9. The number of rotatable bonds is 7. The maximum atomic E-state index is 8.78. The summed E-state index contributed by atoms with van der Waals surface area (Å²) in [4.78, 5) is 2.66. The van der Waals surface area contributed by atoms with Crippen LogP contribution >= 0.6 is 0 Å². The van der Waals surface area contributed by atoms with Gasteiger partial charge in [0.15, 0.2) is 17.3 Å². The van der Waals surface area contributed by atoms with E-state index in [9.17, 15) is 0 Å². The number of hydrogen-bond donors (Lipinski definition) is 2. The Kier molecular flexibility index (Phi) is 10.6. The maximum absolute atomic E-state index is 8.78. The van der Waals surface area contributed by atoms with Gasteiger partial charge in [-0.05, 0) is 5.53 Å². The van der Waals surface area contributed by atoms with Gasteiger partial charge in [0.25, 0.3) is 0 Å². The van der Waals surface area contributed by atoms with Crippen molar-refractivity contribution in [1.82, 2.24) is 15.5 Å². The molecule has 0 saturated carbocycles. The zero-order chi connectivity index (χ0) is 28.7. The minimum absolute atomic E-state index is 0.0870. The Balaban J connectivity index is 0.000000142. The molecule has 0 amide bonds. The Morgan fingerprint density at radius 2 is 1.02 bits per heavy atom. The third-order valence-electron chi connectivity index (χ3n) is 5.52. The third-order valence-corrected chi connectivity index (χ3v) is 5.52. The summed E-state index contributed by atoms with van der Waals surface area (Å²) in [5.41, 5.74) is 18.5. The van der Waals surface area contributed by atoms with Crippen LogP contribution in [-0.2, 0) is 19.7 Å². The van der Waals surface area contributed by atoms with Crippen LogP contribution in [0.3, 0.4) is 0 Å². The molecule has 0 aliphatic rings. The summed E-state index contributed by atoms with van der Waals surface area (Å²) in [6.07, 6.45) is 0. The number of azide groups is 1. The molecule has 0 atom stereocenters. The van der Waals surface area contributed by atoms with Crippen LogP contribution in [0.5, 0.6) is 0 Å². The molecule has 3 heterocycles. The Morgan fingerprint density at radius 1 is 0.634 bits per heavy atom. The van der Waals surface area contributed by atoms with Crippen molar-refractivity contribution in [2.45, 2.75) is 19.7 Å². The van der Waals surface area contributed by atoms with E-state index in [1.807, 2.05) is 97.1 Å². The van der Waals surface area contributed by atoms with Gasteiger partial charge in [-0.15, -0.1) is 0 Å².